The maximum Gasteiger partial charge on any atom is 0.342 e. The summed E-state index contributed by atoms with van der Waals surface area (Å²) >= 11 is 0. The van der Waals surface area contributed by atoms with Gasteiger partial charge in [-0.25, -0.2) is 9.59 Å². The summed E-state index contributed by atoms with van der Waals surface area (Å²) < 4.78 is 15.7. The number of esters is 2. The van der Waals surface area contributed by atoms with Crippen LogP contribution in [0, 0.1) is 0 Å². The Balaban J connectivity index is 2.32. The Morgan fingerprint density at radius 3 is 2.46 bits per heavy atom. The molecule has 0 saturated carbocycles. The van der Waals surface area contributed by atoms with Gasteiger partial charge in [0.15, 0.2) is 0 Å². The molecule has 24 heavy (non-hydrogen) atoms. The summed E-state index contributed by atoms with van der Waals surface area (Å²) in [5, 5.41) is 0. The first kappa shape index (κ1) is 17.8. The monoisotopic (exact) mass is 330 g/mol. The van der Waals surface area contributed by atoms with E-state index in [1.165, 1.54) is 7.11 Å². The molecule has 0 radical (unpaired) electrons. The maximum absolute atomic E-state index is 12.2. The summed E-state index contributed by atoms with van der Waals surface area (Å²) in [4.78, 5) is 24.4. The van der Waals surface area contributed by atoms with Crippen molar-refractivity contribution >= 4 is 11.9 Å². The van der Waals surface area contributed by atoms with Crippen molar-refractivity contribution in [1.82, 2.24) is 0 Å². The van der Waals surface area contributed by atoms with E-state index < -0.39 is 11.9 Å². The quantitative estimate of drug-likeness (QED) is 0.751. The lowest BCUT2D eigenvalue weighted by atomic mass is 9.97. The third-order valence-electron chi connectivity index (χ3n) is 3.65. The normalized spacial score (nSPS) is 17.0. The highest BCUT2D eigenvalue weighted by Crippen LogP contribution is 2.29. The zero-order valence-corrected chi connectivity index (χ0v) is 14.2. The number of ether oxygens (including phenoxy) is 3. The second-order valence-corrected chi connectivity index (χ2v) is 5.40. The van der Waals surface area contributed by atoms with Crippen molar-refractivity contribution in [2.45, 2.75) is 32.8 Å². The van der Waals surface area contributed by atoms with Crippen LogP contribution < -0.4 is 0 Å². The van der Waals surface area contributed by atoms with Gasteiger partial charge in [0.25, 0.3) is 0 Å². The van der Waals surface area contributed by atoms with Crippen molar-refractivity contribution in [1.29, 1.82) is 0 Å². The molecule has 0 saturated heterocycles. The summed E-state index contributed by atoms with van der Waals surface area (Å²) in [6.45, 7) is 3.77. The molecule has 1 atom stereocenters. The molecule has 1 aromatic carbocycles. The van der Waals surface area contributed by atoms with Gasteiger partial charge in [-0.05, 0) is 31.9 Å². The van der Waals surface area contributed by atoms with Gasteiger partial charge in [0.05, 0.1) is 19.3 Å². The van der Waals surface area contributed by atoms with Gasteiger partial charge in [0.2, 0.25) is 0 Å². The van der Waals surface area contributed by atoms with Crippen LogP contribution in [0.4, 0.5) is 0 Å². The molecule has 1 aliphatic heterocycles. The molecule has 0 bridgehead atoms. The minimum Gasteiger partial charge on any atom is -0.490 e. The second kappa shape index (κ2) is 8.34. The lowest BCUT2D eigenvalue weighted by molar-refractivity contribution is -0.141. The van der Waals surface area contributed by atoms with Crippen LogP contribution in [0.1, 0.15) is 25.8 Å². The number of hydrogen-bond acceptors (Lipinski definition) is 5. The summed E-state index contributed by atoms with van der Waals surface area (Å²) in [6, 6.07) is 9.88. The van der Waals surface area contributed by atoms with E-state index in [1.54, 1.807) is 13.0 Å². The van der Waals surface area contributed by atoms with Crippen molar-refractivity contribution in [3.05, 3.63) is 58.9 Å². The molecule has 128 valence electrons. The first-order chi connectivity index (χ1) is 11.6. The summed E-state index contributed by atoms with van der Waals surface area (Å²) in [5.74, 6) is -0.668. The van der Waals surface area contributed by atoms with Crippen LogP contribution in [0.25, 0.3) is 0 Å². The standard InChI is InChI=1S/C19H22O5/c1-4-23-18(20)15-12-13(2)24-16(17(15)19(21)22-3)11-10-14-8-6-5-7-9-14/h5-9,12-13H,4,10-11H2,1-3H3. The molecule has 1 heterocycles. The highest BCUT2D eigenvalue weighted by atomic mass is 16.5. The molecule has 0 N–H and O–H groups in total. The van der Waals surface area contributed by atoms with Gasteiger partial charge in [-0.15, -0.1) is 0 Å². The topological polar surface area (TPSA) is 61.8 Å². The Bertz CT molecular complexity index is 658. The number of allylic oxidation sites excluding steroid dienone is 1. The summed E-state index contributed by atoms with van der Waals surface area (Å²) in [7, 11) is 1.28. The fraction of sp³-hybridized carbons (Fsp3) is 0.368. The summed E-state index contributed by atoms with van der Waals surface area (Å²) in [5.41, 5.74) is 1.49. The number of carbonyl (C=O) groups excluding carboxylic acids is 2. The third-order valence-corrected chi connectivity index (χ3v) is 3.65. The highest BCUT2D eigenvalue weighted by molar-refractivity contribution is 6.07. The third kappa shape index (κ3) is 4.25. The molecular formula is C19H22O5. The fourth-order valence-corrected chi connectivity index (χ4v) is 2.58. The molecule has 0 aromatic heterocycles. The Labute approximate surface area is 141 Å². The van der Waals surface area contributed by atoms with E-state index in [1.807, 2.05) is 37.3 Å². The summed E-state index contributed by atoms with van der Waals surface area (Å²) in [6.07, 6.45) is 2.47. The van der Waals surface area contributed by atoms with Gasteiger partial charge in [0.1, 0.15) is 17.4 Å². The average molecular weight is 330 g/mol. The van der Waals surface area contributed by atoms with Crippen LogP contribution in [-0.2, 0) is 30.2 Å². The SMILES string of the molecule is CCOC(=O)C1=CC(C)OC(CCc2ccccc2)=C1C(=O)OC. The Kier molecular flexibility index (Phi) is 6.18. The minimum absolute atomic E-state index is 0.157. The van der Waals surface area contributed by atoms with Crippen LogP contribution in [0.2, 0.25) is 0 Å². The van der Waals surface area contributed by atoms with Gasteiger partial charge < -0.3 is 14.2 Å². The second-order valence-electron chi connectivity index (χ2n) is 5.40. The Morgan fingerprint density at radius 2 is 1.83 bits per heavy atom. The molecule has 0 amide bonds. The van der Waals surface area contributed by atoms with Crippen molar-refractivity contribution in [3.8, 4) is 0 Å². The van der Waals surface area contributed by atoms with E-state index in [0.29, 0.717) is 18.6 Å². The number of hydrogen-bond donors (Lipinski definition) is 0. The number of aryl methyl sites for hydroxylation is 1. The first-order valence-electron chi connectivity index (χ1n) is 7.98. The lowest BCUT2D eigenvalue weighted by Crippen LogP contribution is -2.25. The van der Waals surface area contributed by atoms with Gasteiger partial charge in [0, 0.05) is 6.42 Å². The Hall–Kier alpha value is -2.56. The zero-order valence-electron chi connectivity index (χ0n) is 14.2. The van der Waals surface area contributed by atoms with Crippen LogP contribution in [-0.4, -0.2) is 31.8 Å². The minimum atomic E-state index is -0.593. The van der Waals surface area contributed by atoms with E-state index >= 15 is 0 Å². The van der Waals surface area contributed by atoms with Gasteiger partial charge in [-0.2, -0.15) is 0 Å². The molecule has 0 spiro atoms. The zero-order chi connectivity index (χ0) is 17.5. The smallest absolute Gasteiger partial charge is 0.342 e. The van der Waals surface area contributed by atoms with E-state index in [2.05, 4.69) is 0 Å². The number of rotatable bonds is 6. The predicted molar refractivity (Wildman–Crippen MR) is 89.1 cm³/mol. The van der Waals surface area contributed by atoms with Crippen molar-refractivity contribution < 1.29 is 23.8 Å². The average Bonchev–Trinajstić information content (AvgIpc) is 2.59. The number of benzene rings is 1. The highest BCUT2D eigenvalue weighted by Gasteiger charge is 2.32. The van der Waals surface area contributed by atoms with Crippen LogP contribution >= 0.6 is 0 Å². The molecule has 1 aliphatic rings. The van der Waals surface area contributed by atoms with Gasteiger partial charge in [-0.3, -0.25) is 0 Å². The number of methoxy groups -OCH3 is 1. The van der Waals surface area contributed by atoms with Crippen molar-refractivity contribution in [2.75, 3.05) is 13.7 Å². The fourth-order valence-electron chi connectivity index (χ4n) is 2.58. The molecule has 5 nitrogen and oxygen atoms in total. The molecular weight excluding hydrogens is 308 g/mol. The predicted octanol–water partition coefficient (Wildman–Crippen LogP) is 2.95. The van der Waals surface area contributed by atoms with E-state index in [-0.39, 0.29) is 23.9 Å². The molecule has 1 unspecified atom stereocenters. The van der Waals surface area contributed by atoms with Crippen LogP contribution in [0.3, 0.4) is 0 Å². The van der Waals surface area contributed by atoms with E-state index in [0.717, 1.165) is 5.56 Å². The van der Waals surface area contributed by atoms with Gasteiger partial charge in [-0.1, -0.05) is 30.3 Å². The lowest BCUT2D eigenvalue weighted by Gasteiger charge is -2.24. The van der Waals surface area contributed by atoms with Crippen molar-refractivity contribution in [2.24, 2.45) is 0 Å². The van der Waals surface area contributed by atoms with Crippen LogP contribution in [0.5, 0.6) is 0 Å². The molecule has 1 aromatic rings. The largest absolute Gasteiger partial charge is 0.490 e. The molecule has 0 aliphatic carbocycles. The van der Waals surface area contributed by atoms with Gasteiger partial charge >= 0.3 is 11.9 Å². The van der Waals surface area contributed by atoms with E-state index in [4.69, 9.17) is 14.2 Å². The molecule has 2 rings (SSSR count). The maximum atomic E-state index is 12.2. The molecule has 5 heteroatoms. The van der Waals surface area contributed by atoms with Crippen LogP contribution in [0.15, 0.2) is 53.3 Å². The van der Waals surface area contributed by atoms with E-state index in [9.17, 15) is 9.59 Å². The first-order valence-corrected chi connectivity index (χ1v) is 7.98. The Morgan fingerprint density at radius 1 is 1.12 bits per heavy atom. The number of carbonyl (C=O) groups is 2. The molecule has 0 fully saturated rings. The van der Waals surface area contributed by atoms with Crippen molar-refractivity contribution in [3.63, 3.8) is 0 Å².